The number of benzene rings is 2. The maximum absolute atomic E-state index is 13.7. The second-order valence-electron chi connectivity index (χ2n) is 6.31. The Labute approximate surface area is 163 Å². The van der Waals surface area contributed by atoms with Gasteiger partial charge < -0.3 is 10.2 Å². The zero-order valence-corrected chi connectivity index (χ0v) is 16.7. The van der Waals surface area contributed by atoms with Crippen LogP contribution in [0.5, 0.6) is 0 Å². The van der Waals surface area contributed by atoms with E-state index < -0.39 is 21.7 Å². The van der Waals surface area contributed by atoms with Crippen molar-refractivity contribution in [2.24, 2.45) is 0 Å². The smallest absolute Gasteiger partial charge is 0.243 e. The van der Waals surface area contributed by atoms with E-state index in [1.54, 1.807) is 18.2 Å². The van der Waals surface area contributed by atoms with Gasteiger partial charge >= 0.3 is 0 Å². The Hall–Kier alpha value is -2.78. The molecule has 150 valence electrons. The van der Waals surface area contributed by atoms with Gasteiger partial charge in [0.1, 0.15) is 5.82 Å². The van der Waals surface area contributed by atoms with Crippen molar-refractivity contribution < 1.29 is 22.4 Å². The van der Waals surface area contributed by atoms with Crippen LogP contribution in [-0.4, -0.2) is 50.1 Å². The Kier molecular flexibility index (Phi) is 6.87. The Morgan fingerprint density at radius 2 is 1.64 bits per heavy atom. The summed E-state index contributed by atoms with van der Waals surface area (Å²) in [7, 11) is -1.11. The normalized spacial score (nSPS) is 11.3. The first-order valence-corrected chi connectivity index (χ1v) is 9.86. The maximum atomic E-state index is 13.7. The third-order valence-corrected chi connectivity index (χ3v) is 5.85. The predicted molar refractivity (Wildman–Crippen MR) is 103 cm³/mol. The van der Waals surface area contributed by atoms with Gasteiger partial charge in [0.05, 0.1) is 11.4 Å². The van der Waals surface area contributed by atoms with Gasteiger partial charge in [0.25, 0.3) is 0 Å². The molecule has 7 nitrogen and oxygen atoms in total. The lowest BCUT2D eigenvalue weighted by molar-refractivity contribution is -0.130. The van der Waals surface area contributed by atoms with Crippen LogP contribution in [0.25, 0.3) is 0 Å². The molecule has 2 rings (SSSR count). The second-order valence-corrected chi connectivity index (χ2v) is 8.35. The molecule has 2 aromatic carbocycles. The van der Waals surface area contributed by atoms with Gasteiger partial charge in [-0.15, -0.1) is 0 Å². The van der Waals surface area contributed by atoms with E-state index in [-0.39, 0.29) is 23.9 Å². The highest BCUT2D eigenvalue weighted by Gasteiger charge is 2.24. The number of nitrogens with zero attached hydrogens (tertiary/aromatic N) is 2. The molecule has 1 N–H and O–H groups in total. The first-order valence-electron chi connectivity index (χ1n) is 8.42. The van der Waals surface area contributed by atoms with E-state index in [9.17, 15) is 22.4 Å². The molecule has 0 aliphatic carbocycles. The van der Waals surface area contributed by atoms with Crippen molar-refractivity contribution in [1.29, 1.82) is 0 Å². The first-order chi connectivity index (χ1) is 13.1. The van der Waals surface area contributed by atoms with E-state index in [1.165, 1.54) is 56.3 Å². The van der Waals surface area contributed by atoms with Gasteiger partial charge in [-0.3, -0.25) is 9.59 Å². The lowest BCUT2D eigenvalue weighted by Crippen LogP contribution is -2.39. The van der Waals surface area contributed by atoms with E-state index >= 15 is 0 Å². The lowest BCUT2D eigenvalue weighted by atomic mass is 10.2. The fraction of sp³-hybridized carbons (Fsp3) is 0.263. The van der Waals surface area contributed by atoms with Gasteiger partial charge in [-0.2, -0.15) is 4.31 Å². The van der Waals surface area contributed by atoms with Crippen LogP contribution in [0.3, 0.4) is 0 Å². The highest BCUT2D eigenvalue weighted by atomic mass is 32.2. The summed E-state index contributed by atoms with van der Waals surface area (Å²) >= 11 is 0. The quantitative estimate of drug-likeness (QED) is 0.761. The van der Waals surface area contributed by atoms with Crippen LogP contribution in [-0.2, 0) is 26.2 Å². The van der Waals surface area contributed by atoms with E-state index in [0.29, 0.717) is 11.3 Å². The summed E-state index contributed by atoms with van der Waals surface area (Å²) in [6.45, 7) is 0.993. The van der Waals surface area contributed by atoms with Gasteiger partial charge in [-0.05, 0) is 30.3 Å². The summed E-state index contributed by atoms with van der Waals surface area (Å²) in [5, 5.41) is 2.55. The Bertz CT molecular complexity index is 961. The van der Waals surface area contributed by atoms with Crippen molar-refractivity contribution in [3.05, 3.63) is 59.9 Å². The highest BCUT2D eigenvalue weighted by Crippen LogP contribution is 2.18. The summed E-state index contributed by atoms with van der Waals surface area (Å²) in [6, 6.07) is 11.7. The molecule has 0 heterocycles. The molecule has 0 saturated carbocycles. The summed E-state index contributed by atoms with van der Waals surface area (Å²) in [5.74, 6) is -1.16. The molecule has 0 unspecified atom stereocenters. The summed E-state index contributed by atoms with van der Waals surface area (Å²) < 4.78 is 39.9. The standard InChI is InChI=1S/C19H22FN3O4S/c1-14(24)21-16-8-10-17(11-9-16)28(26,27)23(3)13-19(25)22(2)12-15-6-4-5-7-18(15)20/h4-11H,12-13H2,1-3H3,(H,21,24). The fourth-order valence-electron chi connectivity index (χ4n) is 2.46. The van der Waals surface area contributed by atoms with Gasteiger partial charge in [-0.25, -0.2) is 12.8 Å². The van der Waals surface area contributed by atoms with Crippen molar-refractivity contribution in [2.45, 2.75) is 18.4 Å². The van der Waals surface area contributed by atoms with Crippen LogP contribution in [0.1, 0.15) is 12.5 Å². The van der Waals surface area contributed by atoms with Crippen molar-refractivity contribution >= 4 is 27.5 Å². The maximum Gasteiger partial charge on any atom is 0.243 e. The minimum atomic E-state index is -3.89. The summed E-state index contributed by atoms with van der Waals surface area (Å²) in [5.41, 5.74) is 0.812. The van der Waals surface area contributed by atoms with Gasteiger partial charge in [0.15, 0.2) is 0 Å². The molecular weight excluding hydrogens is 385 g/mol. The number of nitrogens with one attached hydrogen (secondary N) is 1. The number of hydrogen-bond donors (Lipinski definition) is 1. The van der Waals surface area contributed by atoms with Gasteiger partial charge in [0, 0.05) is 38.8 Å². The van der Waals surface area contributed by atoms with Crippen LogP contribution >= 0.6 is 0 Å². The third kappa shape index (κ3) is 5.37. The van der Waals surface area contributed by atoms with Crippen molar-refractivity contribution in [3.63, 3.8) is 0 Å². The molecule has 0 aromatic heterocycles. The fourth-order valence-corrected chi connectivity index (χ4v) is 3.58. The van der Waals surface area contributed by atoms with E-state index in [4.69, 9.17) is 0 Å². The second kappa shape index (κ2) is 8.94. The Morgan fingerprint density at radius 3 is 2.21 bits per heavy atom. The summed E-state index contributed by atoms with van der Waals surface area (Å²) in [6.07, 6.45) is 0. The number of hydrogen-bond acceptors (Lipinski definition) is 4. The molecule has 0 aliphatic heterocycles. The molecular formula is C19H22FN3O4S. The minimum Gasteiger partial charge on any atom is -0.340 e. The molecule has 0 aliphatic rings. The number of sulfonamides is 1. The van der Waals surface area contributed by atoms with Crippen molar-refractivity contribution in [1.82, 2.24) is 9.21 Å². The van der Waals surface area contributed by atoms with Crippen LogP contribution in [0.4, 0.5) is 10.1 Å². The van der Waals surface area contributed by atoms with Crippen molar-refractivity contribution in [2.75, 3.05) is 26.0 Å². The van der Waals surface area contributed by atoms with E-state index in [0.717, 1.165) is 4.31 Å². The zero-order valence-electron chi connectivity index (χ0n) is 15.8. The number of rotatable bonds is 7. The average Bonchev–Trinajstić information content (AvgIpc) is 2.63. The van der Waals surface area contributed by atoms with Gasteiger partial charge in [0.2, 0.25) is 21.8 Å². The SMILES string of the molecule is CC(=O)Nc1ccc(S(=O)(=O)N(C)CC(=O)N(C)Cc2ccccc2F)cc1. The molecule has 0 saturated heterocycles. The Morgan fingerprint density at radius 1 is 1.04 bits per heavy atom. The number of carbonyl (C=O) groups excluding carboxylic acids is 2. The molecule has 28 heavy (non-hydrogen) atoms. The minimum absolute atomic E-state index is 0.00587. The first kappa shape index (κ1) is 21.5. The number of amides is 2. The monoisotopic (exact) mass is 407 g/mol. The van der Waals surface area contributed by atoms with Crippen molar-refractivity contribution in [3.8, 4) is 0 Å². The number of halogens is 1. The average molecular weight is 407 g/mol. The molecule has 9 heteroatoms. The summed E-state index contributed by atoms with van der Waals surface area (Å²) in [4.78, 5) is 24.7. The highest BCUT2D eigenvalue weighted by molar-refractivity contribution is 7.89. The molecule has 0 bridgehead atoms. The lowest BCUT2D eigenvalue weighted by Gasteiger charge is -2.22. The zero-order chi connectivity index (χ0) is 20.9. The molecule has 2 amide bonds. The predicted octanol–water partition coefficient (Wildman–Crippen LogP) is 2.06. The molecule has 2 aromatic rings. The van der Waals surface area contributed by atoms with Crippen LogP contribution < -0.4 is 5.32 Å². The van der Waals surface area contributed by atoms with Crippen LogP contribution in [0, 0.1) is 5.82 Å². The third-order valence-electron chi connectivity index (χ3n) is 4.03. The number of anilines is 1. The largest absolute Gasteiger partial charge is 0.340 e. The van der Waals surface area contributed by atoms with E-state index in [1.807, 2.05) is 0 Å². The van der Waals surface area contributed by atoms with Gasteiger partial charge in [-0.1, -0.05) is 18.2 Å². The molecule has 0 radical (unpaired) electrons. The number of carbonyl (C=O) groups is 2. The number of likely N-dealkylation sites (N-methyl/N-ethyl adjacent to an activating group) is 2. The molecule has 0 atom stereocenters. The van der Waals surface area contributed by atoms with Crippen LogP contribution in [0.2, 0.25) is 0 Å². The van der Waals surface area contributed by atoms with Crippen LogP contribution in [0.15, 0.2) is 53.4 Å². The topological polar surface area (TPSA) is 86.8 Å². The molecule has 0 spiro atoms. The van der Waals surface area contributed by atoms with E-state index in [2.05, 4.69) is 5.32 Å². The molecule has 0 fully saturated rings. The Balaban J connectivity index is 2.05.